The van der Waals surface area contributed by atoms with Crippen LogP contribution in [0.1, 0.15) is 21.5 Å². The summed E-state index contributed by atoms with van der Waals surface area (Å²) in [4.78, 5) is 12.3. The van der Waals surface area contributed by atoms with E-state index in [-0.39, 0.29) is 5.91 Å². The molecule has 0 radical (unpaired) electrons. The third-order valence-corrected chi connectivity index (χ3v) is 3.73. The van der Waals surface area contributed by atoms with E-state index in [0.29, 0.717) is 31.1 Å². The highest BCUT2D eigenvalue weighted by Crippen LogP contribution is 2.30. The predicted molar refractivity (Wildman–Crippen MR) is 86.3 cm³/mol. The summed E-state index contributed by atoms with van der Waals surface area (Å²) in [5, 5.41) is 2.90. The number of hydrogen-bond donors (Lipinski definition) is 1. The molecule has 1 N–H and O–H groups in total. The Balaban J connectivity index is 1.67. The van der Waals surface area contributed by atoms with Crippen molar-refractivity contribution in [1.29, 1.82) is 0 Å². The molecule has 0 aromatic heterocycles. The average Bonchev–Trinajstić information content (AvgIpc) is 2.60. The lowest BCUT2D eigenvalue weighted by molar-refractivity contribution is 0.0950. The second-order valence-electron chi connectivity index (χ2n) is 5.35. The summed E-state index contributed by atoms with van der Waals surface area (Å²) in [5.41, 5.74) is 2.53. The molecule has 120 valence electrons. The smallest absolute Gasteiger partial charge is 0.251 e. The standard InChI is InChI=1S/C18H19NO4/c1-12-3-5-14(10-16(12)21-2)18(20)19-11-13-4-6-15-17(9-13)23-8-7-22-15/h3-6,9-10H,7-8,11H2,1-2H3,(H,19,20). The van der Waals surface area contributed by atoms with Crippen LogP contribution in [0, 0.1) is 6.92 Å². The van der Waals surface area contributed by atoms with Crippen LogP contribution >= 0.6 is 0 Å². The Morgan fingerprint density at radius 3 is 2.70 bits per heavy atom. The van der Waals surface area contributed by atoms with Crippen molar-refractivity contribution in [3.05, 3.63) is 53.1 Å². The van der Waals surface area contributed by atoms with Gasteiger partial charge in [-0.3, -0.25) is 4.79 Å². The number of rotatable bonds is 4. The highest BCUT2D eigenvalue weighted by molar-refractivity contribution is 5.94. The molecule has 0 aliphatic carbocycles. The molecule has 1 heterocycles. The molecule has 1 aliphatic heterocycles. The van der Waals surface area contributed by atoms with Crippen LogP contribution in [0.15, 0.2) is 36.4 Å². The van der Waals surface area contributed by atoms with E-state index in [1.807, 2.05) is 31.2 Å². The number of nitrogens with one attached hydrogen (secondary N) is 1. The first-order valence-electron chi connectivity index (χ1n) is 7.49. The zero-order chi connectivity index (χ0) is 16.2. The summed E-state index contributed by atoms with van der Waals surface area (Å²) < 4.78 is 16.3. The predicted octanol–water partition coefficient (Wildman–Crippen LogP) is 2.70. The molecule has 2 aromatic rings. The molecule has 0 spiro atoms. The van der Waals surface area contributed by atoms with E-state index in [0.717, 1.165) is 22.6 Å². The van der Waals surface area contributed by atoms with Gasteiger partial charge in [0, 0.05) is 12.1 Å². The van der Waals surface area contributed by atoms with Gasteiger partial charge in [0.25, 0.3) is 5.91 Å². The first-order valence-corrected chi connectivity index (χ1v) is 7.49. The summed E-state index contributed by atoms with van der Waals surface area (Å²) in [6.07, 6.45) is 0. The minimum atomic E-state index is -0.141. The monoisotopic (exact) mass is 313 g/mol. The highest BCUT2D eigenvalue weighted by Gasteiger charge is 2.13. The number of amides is 1. The van der Waals surface area contributed by atoms with Crippen molar-refractivity contribution in [3.63, 3.8) is 0 Å². The van der Waals surface area contributed by atoms with Crippen LogP contribution in [0.5, 0.6) is 17.2 Å². The molecule has 5 nitrogen and oxygen atoms in total. The van der Waals surface area contributed by atoms with Gasteiger partial charge < -0.3 is 19.5 Å². The van der Waals surface area contributed by atoms with E-state index in [1.54, 1.807) is 19.2 Å². The Morgan fingerprint density at radius 1 is 1.13 bits per heavy atom. The van der Waals surface area contributed by atoms with Gasteiger partial charge in [0.05, 0.1) is 7.11 Å². The van der Waals surface area contributed by atoms with E-state index in [4.69, 9.17) is 14.2 Å². The largest absolute Gasteiger partial charge is 0.496 e. The Kier molecular flexibility index (Phi) is 4.37. The van der Waals surface area contributed by atoms with Gasteiger partial charge in [-0.25, -0.2) is 0 Å². The van der Waals surface area contributed by atoms with Gasteiger partial charge in [-0.1, -0.05) is 12.1 Å². The van der Waals surface area contributed by atoms with Crippen molar-refractivity contribution in [3.8, 4) is 17.2 Å². The number of carbonyl (C=O) groups excluding carboxylic acids is 1. The number of aryl methyl sites for hydroxylation is 1. The summed E-state index contributed by atoms with van der Waals surface area (Å²) in [5.74, 6) is 2.03. The number of carbonyl (C=O) groups is 1. The Hall–Kier alpha value is -2.69. The summed E-state index contributed by atoms with van der Waals surface area (Å²) >= 11 is 0. The lowest BCUT2D eigenvalue weighted by atomic mass is 10.1. The van der Waals surface area contributed by atoms with Gasteiger partial charge in [0.1, 0.15) is 19.0 Å². The van der Waals surface area contributed by atoms with Crippen LogP contribution in [0.2, 0.25) is 0 Å². The van der Waals surface area contributed by atoms with Crippen LogP contribution in [-0.4, -0.2) is 26.2 Å². The van der Waals surface area contributed by atoms with Crippen LogP contribution in [0.3, 0.4) is 0 Å². The molecule has 1 amide bonds. The van der Waals surface area contributed by atoms with E-state index in [1.165, 1.54) is 0 Å². The fourth-order valence-corrected chi connectivity index (χ4v) is 2.44. The molecule has 0 bridgehead atoms. The maximum atomic E-state index is 12.3. The lowest BCUT2D eigenvalue weighted by Crippen LogP contribution is -2.23. The molecule has 0 atom stereocenters. The normalized spacial score (nSPS) is 12.6. The lowest BCUT2D eigenvalue weighted by Gasteiger charge is -2.19. The van der Waals surface area contributed by atoms with Crippen molar-refractivity contribution in [1.82, 2.24) is 5.32 Å². The molecule has 3 rings (SSSR count). The molecule has 2 aromatic carbocycles. The van der Waals surface area contributed by atoms with E-state index in [2.05, 4.69) is 5.32 Å². The van der Waals surface area contributed by atoms with Gasteiger partial charge in [-0.15, -0.1) is 0 Å². The summed E-state index contributed by atoms with van der Waals surface area (Å²) in [7, 11) is 1.60. The fourth-order valence-electron chi connectivity index (χ4n) is 2.44. The molecular formula is C18H19NO4. The van der Waals surface area contributed by atoms with Gasteiger partial charge >= 0.3 is 0 Å². The van der Waals surface area contributed by atoms with Gasteiger partial charge in [-0.2, -0.15) is 0 Å². The van der Waals surface area contributed by atoms with Crippen molar-refractivity contribution in [2.24, 2.45) is 0 Å². The maximum absolute atomic E-state index is 12.3. The van der Waals surface area contributed by atoms with Crippen LogP contribution < -0.4 is 19.5 Å². The molecule has 0 unspecified atom stereocenters. The van der Waals surface area contributed by atoms with Gasteiger partial charge in [-0.05, 0) is 42.3 Å². The average molecular weight is 313 g/mol. The number of hydrogen-bond acceptors (Lipinski definition) is 4. The van der Waals surface area contributed by atoms with Gasteiger partial charge in [0.2, 0.25) is 0 Å². The minimum Gasteiger partial charge on any atom is -0.496 e. The molecule has 0 saturated carbocycles. The van der Waals surface area contributed by atoms with Crippen molar-refractivity contribution in [2.75, 3.05) is 20.3 Å². The first kappa shape index (κ1) is 15.2. The van der Waals surface area contributed by atoms with Crippen LogP contribution in [-0.2, 0) is 6.54 Å². The number of fused-ring (bicyclic) bond motifs is 1. The fraction of sp³-hybridized carbons (Fsp3) is 0.278. The molecule has 0 fully saturated rings. The van der Waals surface area contributed by atoms with E-state index in [9.17, 15) is 4.79 Å². The van der Waals surface area contributed by atoms with Crippen LogP contribution in [0.25, 0.3) is 0 Å². The molecule has 0 saturated heterocycles. The molecule has 1 aliphatic rings. The van der Waals surface area contributed by atoms with E-state index < -0.39 is 0 Å². The van der Waals surface area contributed by atoms with Gasteiger partial charge in [0.15, 0.2) is 11.5 Å². The first-order chi connectivity index (χ1) is 11.2. The van der Waals surface area contributed by atoms with Crippen molar-refractivity contribution in [2.45, 2.75) is 13.5 Å². The van der Waals surface area contributed by atoms with Crippen molar-refractivity contribution < 1.29 is 19.0 Å². The molecule has 23 heavy (non-hydrogen) atoms. The van der Waals surface area contributed by atoms with E-state index >= 15 is 0 Å². The Morgan fingerprint density at radius 2 is 1.91 bits per heavy atom. The number of benzene rings is 2. The summed E-state index contributed by atoms with van der Waals surface area (Å²) in [6, 6.07) is 11.1. The number of methoxy groups -OCH3 is 1. The number of ether oxygens (including phenoxy) is 3. The highest BCUT2D eigenvalue weighted by atomic mass is 16.6. The Bertz CT molecular complexity index is 727. The zero-order valence-corrected chi connectivity index (χ0v) is 13.2. The zero-order valence-electron chi connectivity index (χ0n) is 13.2. The Labute approximate surface area is 135 Å². The molecule has 5 heteroatoms. The second-order valence-corrected chi connectivity index (χ2v) is 5.35. The summed E-state index contributed by atoms with van der Waals surface area (Å²) in [6.45, 7) is 3.48. The second kappa shape index (κ2) is 6.60. The SMILES string of the molecule is COc1cc(C(=O)NCc2ccc3c(c2)OCCO3)ccc1C. The quantitative estimate of drug-likeness (QED) is 0.943. The minimum absolute atomic E-state index is 0.141. The molecular weight excluding hydrogens is 294 g/mol. The third kappa shape index (κ3) is 3.39. The van der Waals surface area contributed by atoms with Crippen LogP contribution in [0.4, 0.5) is 0 Å². The van der Waals surface area contributed by atoms with Crippen molar-refractivity contribution >= 4 is 5.91 Å². The third-order valence-electron chi connectivity index (χ3n) is 3.73. The topological polar surface area (TPSA) is 56.8 Å². The maximum Gasteiger partial charge on any atom is 0.251 e.